The average Bonchev–Trinajstić information content (AvgIpc) is 2.28. The van der Waals surface area contributed by atoms with Gasteiger partial charge in [0.2, 0.25) is 0 Å². The van der Waals surface area contributed by atoms with Crippen LogP contribution in [0.2, 0.25) is 0 Å². The van der Waals surface area contributed by atoms with Crippen LogP contribution < -0.4 is 10.1 Å². The van der Waals surface area contributed by atoms with Crippen molar-refractivity contribution in [2.75, 3.05) is 19.5 Å². The van der Waals surface area contributed by atoms with Crippen molar-refractivity contribution in [3.8, 4) is 5.75 Å². The van der Waals surface area contributed by atoms with E-state index in [0.29, 0.717) is 11.4 Å². The van der Waals surface area contributed by atoms with Crippen LogP contribution in [0, 0.1) is 0 Å². The maximum Gasteiger partial charge on any atom is 0.253 e. The Labute approximate surface area is 89.2 Å². The van der Waals surface area contributed by atoms with E-state index in [9.17, 15) is 4.79 Å². The first kappa shape index (κ1) is 11.5. The van der Waals surface area contributed by atoms with Crippen molar-refractivity contribution in [2.24, 2.45) is 0 Å². The van der Waals surface area contributed by atoms with Crippen LogP contribution in [0.15, 0.2) is 24.3 Å². The van der Waals surface area contributed by atoms with Crippen molar-refractivity contribution in [2.45, 2.75) is 13.0 Å². The van der Waals surface area contributed by atoms with Crippen LogP contribution >= 0.6 is 0 Å². The molecule has 0 saturated carbocycles. The molecule has 1 amide bonds. The number of hydrogen-bond acceptors (Lipinski definition) is 3. The number of anilines is 1. The molecule has 82 valence electrons. The summed E-state index contributed by atoms with van der Waals surface area (Å²) in [5.74, 6) is 0.441. The second-order valence-corrected chi connectivity index (χ2v) is 3.07. The minimum atomic E-state index is -0.477. The molecule has 0 bridgehead atoms. The molecule has 0 fully saturated rings. The first-order chi connectivity index (χ1) is 7.19. The van der Waals surface area contributed by atoms with E-state index in [-0.39, 0.29) is 5.91 Å². The third-order valence-corrected chi connectivity index (χ3v) is 2.09. The Balaban J connectivity index is 2.76. The Kier molecular flexibility index (Phi) is 4.12. The van der Waals surface area contributed by atoms with E-state index < -0.39 is 6.10 Å². The van der Waals surface area contributed by atoms with Gasteiger partial charge in [0, 0.05) is 7.11 Å². The molecular formula is C11H15NO3. The summed E-state index contributed by atoms with van der Waals surface area (Å²) in [7, 11) is 3.05. The molecule has 1 atom stereocenters. The van der Waals surface area contributed by atoms with E-state index in [1.54, 1.807) is 26.2 Å². The summed E-state index contributed by atoms with van der Waals surface area (Å²) in [5.41, 5.74) is 0.647. The maximum atomic E-state index is 11.5. The standard InChI is InChI=1S/C11H15NO3/c1-8(14-2)11(13)12-9-6-4-5-7-10(9)15-3/h4-8H,1-3H3,(H,12,13). The van der Waals surface area contributed by atoms with Gasteiger partial charge in [-0.25, -0.2) is 0 Å². The second-order valence-electron chi connectivity index (χ2n) is 3.07. The van der Waals surface area contributed by atoms with Gasteiger partial charge in [0.05, 0.1) is 12.8 Å². The highest BCUT2D eigenvalue weighted by Gasteiger charge is 2.13. The van der Waals surface area contributed by atoms with E-state index in [1.165, 1.54) is 7.11 Å². The average molecular weight is 209 g/mol. The molecular weight excluding hydrogens is 194 g/mol. The monoisotopic (exact) mass is 209 g/mol. The topological polar surface area (TPSA) is 47.6 Å². The van der Waals surface area contributed by atoms with Gasteiger partial charge in [0.15, 0.2) is 0 Å². The lowest BCUT2D eigenvalue weighted by molar-refractivity contribution is -0.124. The van der Waals surface area contributed by atoms with E-state index in [2.05, 4.69) is 5.32 Å². The largest absolute Gasteiger partial charge is 0.495 e. The molecule has 4 heteroatoms. The fourth-order valence-corrected chi connectivity index (χ4v) is 1.09. The molecule has 0 aliphatic heterocycles. The van der Waals surface area contributed by atoms with Crippen LogP contribution in [0.3, 0.4) is 0 Å². The molecule has 1 unspecified atom stereocenters. The number of para-hydroxylation sites is 2. The Hall–Kier alpha value is -1.55. The molecule has 0 aliphatic rings. The molecule has 1 aromatic carbocycles. The smallest absolute Gasteiger partial charge is 0.253 e. The van der Waals surface area contributed by atoms with Gasteiger partial charge in [-0.1, -0.05) is 12.1 Å². The first-order valence-corrected chi connectivity index (χ1v) is 4.65. The van der Waals surface area contributed by atoms with Crippen molar-refractivity contribution >= 4 is 11.6 Å². The van der Waals surface area contributed by atoms with Gasteiger partial charge in [0.1, 0.15) is 11.9 Å². The summed E-state index contributed by atoms with van der Waals surface area (Å²) in [5, 5.41) is 2.72. The number of amides is 1. The Bertz CT molecular complexity index is 338. The third-order valence-electron chi connectivity index (χ3n) is 2.09. The van der Waals surface area contributed by atoms with E-state index in [1.807, 2.05) is 12.1 Å². The van der Waals surface area contributed by atoms with Gasteiger partial charge in [-0.3, -0.25) is 4.79 Å². The Morgan fingerprint density at radius 3 is 2.60 bits per heavy atom. The number of ether oxygens (including phenoxy) is 2. The van der Waals surface area contributed by atoms with Gasteiger partial charge < -0.3 is 14.8 Å². The molecule has 15 heavy (non-hydrogen) atoms. The summed E-state index contributed by atoms with van der Waals surface area (Å²) in [6, 6.07) is 7.23. The first-order valence-electron chi connectivity index (χ1n) is 4.65. The van der Waals surface area contributed by atoms with Crippen LogP contribution in [0.4, 0.5) is 5.69 Å². The zero-order valence-electron chi connectivity index (χ0n) is 9.11. The predicted octanol–water partition coefficient (Wildman–Crippen LogP) is 1.67. The number of methoxy groups -OCH3 is 2. The summed E-state index contributed by atoms with van der Waals surface area (Å²) >= 11 is 0. The molecule has 0 aliphatic carbocycles. The maximum absolute atomic E-state index is 11.5. The highest BCUT2D eigenvalue weighted by atomic mass is 16.5. The van der Waals surface area contributed by atoms with E-state index in [0.717, 1.165) is 0 Å². The summed E-state index contributed by atoms with van der Waals surface area (Å²) in [6.07, 6.45) is -0.477. The van der Waals surface area contributed by atoms with Gasteiger partial charge in [-0.2, -0.15) is 0 Å². The van der Waals surface area contributed by atoms with Gasteiger partial charge in [-0.05, 0) is 19.1 Å². The van der Waals surface area contributed by atoms with Crippen LogP contribution in [0.5, 0.6) is 5.75 Å². The Morgan fingerprint density at radius 2 is 2.00 bits per heavy atom. The summed E-state index contributed by atoms with van der Waals surface area (Å²) < 4.78 is 10.0. The van der Waals surface area contributed by atoms with Crippen LogP contribution in [0.1, 0.15) is 6.92 Å². The van der Waals surface area contributed by atoms with Crippen molar-refractivity contribution in [3.63, 3.8) is 0 Å². The van der Waals surface area contributed by atoms with Crippen LogP contribution in [-0.2, 0) is 9.53 Å². The van der Waals surface area contributed by atoms with Crippen molar-refractivity contribution in [1.29, 1.82) is 0 Å². The Morgan fingerprint density at radius 1 is 1.33 bits per heavy atom. The van der Waals surface area contributed by atoms with Gasteiger partial charge >= 0.3 is 0 Å². The van der Waals surface area contributed by atoms with Crippen molar-refractivity contribution in [3.05, 3.63) is 24.3 Å². The molecule has 1 aromatic rings. The number of rotatable bonds is 4. The quantitative estimate of drug-likeness (QED) is 0.820. The zero-order chi connectivity index (χ0) is 11.3. The van der Waals surface area contributed by atoms with Gasteiger partial charge in [-0.15, -0.1) is 0 Å². The molecule has 1 N–H and O–H groups in total. The third kappa shape index (κ3) is 2.95. The lowest BCUT2D eigenvalue weighted by Gasteiger charge is -2.12. The van der Waals surface area contributed by atoms with E-state index >= 15 is 0 Å². The SMILES string of the molecule is COc1ccccc1NC(=O)C(C)OC. The highest BCUT2D eigenvalue weighted by Crippen LogP contribution is 2.23. The molecule has 0 aromatic heterocycles. The van der Waals surface area contributed by atoms with Crippen molar-refractivity contribution < 1.29 is 14.3 Å². The second kappa shape index (κ2) is 5.36. The van der Waals surface area contributed by atoms with Crippen LogP contribution in [0.25, 0.3) is 0 Å². The number of carbonyl (C=O) groups excluding carboxylic acids is 1. The zero-order valence-corrected chi connectivity index (χ0v) is 9.11. The number of nitrogens with one attached hydrogen (secondary N) is 1. The lowest BCUT2D eigenvalue weighted by Crippen LogP contribution is -2.26. The minimum absolute atomic E-state index is 0.193. The predicted molar refractivity (Wildman–Crippen MR) is 58.1 cm³/mol. The molecule has 0 heterocycles. The molecule has 0 saturated heterocycles. The minimum Gasteiger partial charge on any atom is -0.495 e. The van der Waals surface area contributed by atoms with Crippen LogP contribution in [-0.4, -0.2) is 26.2 Å². The molecule has 4 nitrogen and oxygen atoms in total. The molecule has 1 rings (SSSR count). The molecule has 0 radical (unpaired) electrons. The summed E-state index contributed by atoms with van der Waals surface area (Å²) in [4.78, 5) is 11.5. The highest BCUT2D eigenvalue weighted by molar-refractivity contribution is 5.95. The fourth-order valence-electron chi connectivity index (χ4n) is 1.09. The molecule has 0 spiro atoms. The van der Waals surface area contributed by atoms with E-state index in [4.69, 9.17) is 9.47 Å². The summed E-state index contributed by atoms with van der Waals surface area (Å²) in [6.45, 7) is 1.69. The number of hydrogen-bond donors (Lipinski definition) is 1. The number of benzene rings is 1. The normalized spacial score (nSPS) is 11.9. The van der Waals surface area contributed by atoms with Crippen molar-refractivity contribution in [1.82, 2.24) is 0 Å². The lowest BCUT2D eigenvalue weighted by atomic mass is 10.2. The van der Waals surface area contributed by atoms with Gasteiger partial charge in [0.25, 0.3) is 5.91 Å². The number of carbonyl (C=O) groups is 1. The fraction of sp³-hybridized carbons (Fsp3) is 0.364.